The van der Waals surface area contributed by atoms with Gasteiger partial charge in [-0.25, -0.2) is 0 Å². The minimum Gasteiger partial charge on any atom is -0.388 e. The molecule has 3 rings (SSSR count). The van der Waals surface area contributed by atoms with Crippen molar-refractivity contribution in [3.05, 3.63) is 49.7 Å². The van der Waals surface area contributed by atoms with Crippen LogP contribution in [-0.4, -0.2) is 9.67 Å². The molecular weight excluding hydrogens is 361 g/mol. The van der Waals surface area contributed by atoms with Crippen LogP contribution in [0.3, 0.4) is 0 Å². The van der Waals surface area contributed by atoms with Crippen molar-refractivity contribution in [1.29, 1.82) is 0 Å². The number of fused-ring (bicyclic) bond motifs is 1. The highest BCUT2D eigenvalue weighted by Gasteiger charge is 2.25. The zero-order chi connectivity index (χ0) is 14.4. The van der Waals surface area contributed by atoms with Gasteiger partial charge in [0.05, 0.1) is 21.8 Å². The number of rotatable bonds is 1. The normalized spacial score (nSPS) is 18.1. The first-order valence-corrected chi connectivity index (χ1v) is 8.08. The molecule has 1 heterocycles. The lowest BCUT2D eigenvalue weighted by Gasteiger charge is -2.21. The summed E-state index contributed by atoms with van der Waals surface area (Å²) in [6.07, 6.45) is 2.34. The maximum absolute atomic E-state index is 10.1. The van der Waals surface area contributed by atoms with Gasteiger partial charge in [0.25, 0.3) is 0 Å². The van der Waals surface area contributed by atoms with Crippen molar-refractivity contribution in [2.75, 3.05) is 0 Å². The summed E-state index contributed by atoms with van der Waals surface area (Å²) in [5.74, 6) is 0. The third-order valence-corrected chi connectivity index (χ3v) is 4.81. The lowest BCUT2D eigenvalue weighted by molar-refractivity contribution is 0.156. The van der Waals surface area contributed by atoms with Crippen LogP contribution in [0.1, 0.15) is 35.9 Å². The molecule has 0 bridgehead atoms. The molecular formula is C15H14BrCl2NO. The number of aliphatic hydroxyl groups is 1. The number of benzene rings is 1. The van der Waals surface area contributed by atoms with Gasteiger partial charge in [0, 0.05) is 21.4 Å². The molecule has 0 amide bonds. The Morgan fingerprint density at radius 3 is 2.55 bits per heavy atom. The van der Waals surface area contributed by atoms with Crippen LogP contribution in [0.5, 0.6) is 0 Å². The molecule has 0 fully saturated rings. The predicted molar refractivity (Wildman–Crippen MR) is 86.1 cm³/mol. The molecule has 1 unspecified atom stereocenters. The van der Waals surface area contributed by atoms with E-state index in [0.717, 1.165) is 46.4 Å². The second-order valence-electron chi connectivity index (χ2n) is 5.15. The van der Waals surface area contributed by atoms with Gasteiger partial charge in [0.2, 0.25) is 0 Å². The summed E-state index contributed by atoms with van der Waals surface area (Å²) in [6.45, 7) is 2.01. The van der Waals surface area contributed by atoms with E-state index < -0.39 is 0 Å². The van der Waals surface area contributed by atoms with E-state index in [4.69, 9.17) is 23.2 Å². The highest BCUT2D eigenvalue weighted by Crippen LogP contribution is 2.39. The smallest absolute Gasteiger partial charge is 0.0831 e. The van der Waals surface area contributed by atoms with Crippen molar-refractivity contribution in [1.82, 2.24) is 4.57 Å². The molecule has 0 radical (unpaired) electrons. The van der Waals surface area contributed by atoms with E-state index >= 15 is 0 Å². The van der Waals surface area contributed by atoms with Crippen molar-refractivity contribution in [3.63, 3.8) is 0 Å². The fourth-order valence-corrected chi connectivity index (χ4v) is 4.31. The third-order valence-electron chi connectivity index (χ3n) is 3.78. The first-order valence-electron chi connectivity index (χ1n) is 6.53. The zero-order valence-corrected chi connectivity index (χ0v) is 14.1. The number of halogens is 3. The Morgan fingerprint density at radius 2 is 1.90 bits per heavy atom. The molecule has 0 saturated carbocycles. The Hall–Kier alpha value is -0.480. The largest absolute Gasteiger partial charge is 0.388 e. The number of aryl methyl sites for hydroxylation is 1. The van der Waals surface area contributed by atoms with E-state index in [2.05, 4.69) is 20.5 Å². The predicted octanol–water partition coefficient (Wildman–Crippen LogP) is 5.22. The summed E-state index contributed by atoms with van der Waals surface area (Å²) in [6, 6.07) is 5.72. The van der Waals surface area contributed by atoms with E-state index in [-0.39, 0.29) is 6.10 Å². The highest BCUT2D eigenvalue weighted by molar-refractivity contribution is 9.10. The molecule has 2 aromatic rings. The minimum atomic E-state index is -0.383. The lowest BCUT2D eigenvalue weighted by Crippen LogP contribution is -2.12. The monoisotopic (exact) mass is 373 g/mol. The SMILES string of the molecule is Cc1cc2c(n1-c1c(Cl)cc(Br)cc1Cl)CCCC2O. The summed E-state index contributed by atoms with van der Waals surface area (Å²) >= 11 is 16.2. The van der Waals surface area contributed by atoms with Gasteiger partial charge in [-0.3, -0.25) is 0 Å². The Labute approximate surface area is 136 Å². The highest BCUT2D eigenvalue weighted by atomic mass is 79.9. The van der Waals surface area contributed by atoms with Crippen LogP contribution in [-0.2, 0) is 6.42 Å². The molecule has 2 nitrogen and oxygen atoms in total. The molecule has 1 atom stereocenters. The van der Waals surface area contributed by atoms with Gasteiger partial charge in [0.1, 0.15) is 0 Å². The number of aliphatic hydroxyl groups excluding tert-OH is 1. The summed E-state index contributed by atoms with van der Waals surface area (Å²) < 4.78 is 2.93. The van der Waals surface area contributed by atoms with Crippen molar-refractivity contribution < 1.29 is 5.11 Å². The average molecular weight is 375 g/mol. The Bertz CT molecular complexity index is 658. The van der Waals surface area contributed by atoms with Gasteiger partial charge < -0.3 is 9.67 Å². The molecule has 106 valence electrons. The maximum atomic E-state index is 10.1. The number of hydrogen-bond donors (Lipinski definition) is 1. The van der Waals surface area contributed by atoms with E-state index in [1.54, 1.807) is 0 Å². The van der Waals surface area contributed by atoms with Crippen LogP contribution in [0.15, 0.2) is 22.7 Å². The Morgan fingerprint density at radius 1 is 1.25 bits per heavy atom. The van der Waals surface area contributed by atoms with Crippen molar-refractivity contribution in [3.8, 4) is 5.69 Å². The van der Waals surface area contributed by atoms with Gasteiger partial charge in [-0.15, -0.1) is 0 Å². The molecule has 1 N–H and O–H groups in total. The summed E-state index contributed by atoms with van der Waals surface area (Å²) in [5, 5.41) is 11.3. The number of aromatic nitrogens is 1. The quantitative estimate of drug-likeness (QED) is 0.726. The topological polar surface area (TPSA) is 25.2 Å². The van der Waals surface area contributed by atoms with Gasteiger partial charge >= 0.3 is 0 Å². The van der Waals surface area contributed by atoms with Gasteiger partial charge in [0.15, 0.2) is 0 Å². The second-order valence-corrected chi connectivity index (χ2v) is 6.88. The molecule has 0 aliphatic heterocycles. The van der Waals surface area contributed by atoms with Crippen LogP contribution >= 0.6 is 39.1 Å². The Balaban J connectivity index is 2.26. The van der Waals surface area contributed by atoms with E-state index in [0.29, 0.717) is 10.0 Å². The van der Waals surface area contributed by atoms with Gasteiger partial charge in [-0.1, -0.05) is 39.1 Å². The minimum absolute atomic E-state index is 0.383. The third kappa shape index (κ3) is 2.31. The van der Waals surface area contributed by atoms with Crippen LogP contribution in [0.25, 0.3) is 5.69 Å². The molecule has 20 heavy (non-hydrogen) atoms. The molecule has 1 aromatic heterocycles. The summed E-state index contributed by atoms with van der Waals surface area (Å²) in [5.41, 5.74) is 3.96. The van der Waals surface area contributed by atoms with E-state index in [9.17, 15) is 5.11 Å². The summed E-state index contributed by atoms with van der Waals surface area (Å²) in [7, 11) is 0. The molecule has 1 aromatic carbocycles. The zero-order valence-electron chi connectivity index (χ0n) is 11.0. The van der Waals surface area contributed by atoms with Crippen LogP contribution in [0, 0.1) is 6.92 Å². The fourth-order valence-electron chi connectivity index (χ4n) is 2.94. The van der Waals surface area contributed by atoms with Gasteiger partial charge in [-0.2, -0.15) is 0 Å². The molecule has 5 heteroatoms. The van der Waals surface area contributed by atoms with E-state index in [1.165, 1.54) is 0 Å². The standard InChI is InChI=1S/C15H14BrCl2NO/c1-8-5-10-13(3-2-4-14(10)20)19(8)15-11(17)6-9(16)7-12(15)18/h5-7,14,20H,2-4H2,1H3. The Kier molecular flexibility index (Phi) is 3.89. The van der Waals surface area contributed by atoms with Crippen molar-refractivity contribution >= 4 is 39.1 Å². The van der Waals surface area contributed by atoms with Crippen LogP contribution < -0.4 is 0 Å². The van der Waals surface area contributed by atoms with Crippen LogP contribution in [0.2, 0.25) is 10.0 Å². The fraction of sp³-hybridized carbons (Fsp3) is 0.333. The average Bonchev–Trinajstić information content (AvgIpc) is 2.67. The first-order chi connectivity index (χ1) is 9.49. The lowest BCUT2D eigenvalue weighted by atomic mass is 9.95. The molecule has 1 aliphatic rings. The number of hydrogen-bond acceptors (Lipinski definition) is 1. The second kappa shape index (κ2) is 5.38. The summed E-state index contributed by atoms with van der Waals surface area (Å²) in [4.78, 5) is 0. The molecule has 0 spiro atoms. The molecule has 1 aliphatic carbocycles. The van der Waals surface area contributed by atoms with Crippen molar-refractivity contribution in [2.45, 2.75) is 32.3 Å². The van der Waals surface area contributed by atoms with E-state index in [1.807, 2.05) is 25.1 Å². The molecule has 0 saturated heterocycles. The van der Waals surface area contributed by atoms with Gasteiger partial charge in [-0.05, 0) is 44.4 Å². The first kappa shape index (κ1) is 14.5. The van der Waals surface area contributed by atoms with Crippen molar-refractivity contribution in [2.24, 2.45) is 0 Å². The number of nitrogens with zero attached hydrogens (tertiary/aromatic N) is 1. The van der Waals surface area contributed by atoms with Crippen LogP contribution in [0.4, 0.5) is 0 Å². The maximum Gasteiger partial charge on any atom is 0.0831 e.